The Hall–Kier alpha value is -2.30. The minimum atomic E-state index is 0.00853. The van der Waals surface area contributed by atoms with Crippen molar-refractivity contribution in [3.05, 3.63) is 41.0 Å². The molecular formula is C20H28N4O. The number of rotatable bonds is 5. The summed E-state index contributed by atoms with van der Waals surface area (Å²) in [6.07, 6.45) is 2.48. The second-order valence-electron chi connectivity index (χ2n) is 6.85. The highest BCUT2D eigenvalue weighted by atomic mass is 16.1. The van der Waals surface area contributed by atoms with E-state index in [1.165, 1.54) is 5.69 Å². The third kappa shape index (κ3) is 3.70. The van der Waals surface area contributed by atoms with Crippen LogP contribution in [0.1, 0.15) is 43.0 Å². The number of hydrogen-bond donors (Lipinski definition) is 2. The van der Waals surface area contributed by atoms with Gasteiger partial charge in [-0.15, -0.1) is 0 Å². The number of fused-ring (bicyclic) bond motifs is 1. The van der Waals surface area contributed by atoms with Crippen LogP contribution in [-0.4, -0.2) is 29.0 Å². The van der Waals surface area contributed by atoms with Crippen LogP contribution >= 0.6 is 0 Å². The van der Waals surface area contributed by atoms with E-state index < -0.39 is 0 Å². The van der Waals surface area contributed by atoms with Gasteiger partial charge in [0.1, 0.15) is 5.82 Å². The van der Waals surface area contributed by atoms with E-state index >= 15 is 0 Å². The van der Waals surface area contributed by atoms with Crippen LogP contribution in [-0.2, 0) is 17.6 Å². The lowest BCUT2D eigenvalue weighted by Crippen LogP contribution is -2.28. The number of carbonyl (C=O) groups is 1. The lowest BCUT2D eigenvalue weighted by Gasteiger charge is -2.23. The number of benzene rings is 1. The molecule has 0 fully saturated rings. The Bertz CT molecular complexity index is 761. The average molecular weight is 340 g/mol. The Morgan fingerprint density at radius 2 is 2.08 bits per heavy atom. The van der Waals surface area contributed by atoms with Crippen LogP contribution in [0.2, 0.25) is 0 Å². The normalized spacial score (nSPS) is 16.4. The number of aromatic nitrogens is 2. The Morgan fingerprint density at radius 3 is 2.76 bits per heavy atom. The molecular weight excluding hydrogens is 312 g/mol. The molecule has 134 valence electrons. The molecule has 1 atom stereocenters. The van der Waals surface area contributed by atoms with Gasteiger partial charge in [0.2, 0.25) is 5.91 Å². The van der Waals surface area contributed by atoms with Crippen LogP contribution in [0.3, 0.4) is 0 Å². The molecule has 1 aromatic heterocycles. The zero-order valence-electron chi connectivity index (χ0n) is 15.6. The molecule has 3 rings (SSSR count). The molecule has 0 aliphatic heterocycles. The molecule has 0 saturated heterocycles. The van der Waals surface area contributed by atoms with E-state index in [-0.39, 0.29) is 11.8 Å². The number of nitrogens with one attached hydrogen (secondary N) is 2. The van der Waals surface area contributed by atoms with E-state index in [1.807, 2.05) is 13.0 Å². The SMILES string of the molecule is CCN(CC)c1ccc(NC(=O)C2CCc3nc(C)[nH]c3C2)c(C)c1. The molecule has 2 aromatic rings. The van der Waals surface area contributed by atoms with Crippen LogP contribution in [0.25, 0.3) is 0 Å². The van der Waals surface area contributed by atoms with Crippen molar-refractivity contribution in [3.8, 4) is 0 Å². The highest BCUT2D eigenvalue weighted by Gasteiger charge is 2.27. The molecule has 1 aliphatic carbocycles. The summed E-state index contributed by atoms with van der Waals surface area (Å²) in [6.45, 7) is 10.3. The number of amides is 1. The van der Waals surface area contributed by atoms with E-state index in [4.69, 9.17) is 0 Å². The van der Waals surface area contributed by atoms with Crippen molar-refractivity contribution < 1.29 is 4.79 Å². The van der Waals surface area contributed by atoms with Gasteiger partial charge in [-0.1, -0.05) is 0 Å². The van der Waals surface area contributed by atoms with Gasteiger partial charge in [-0.3, -0.25) is 4.79 Å². The Labute approximate surface area is 149 Å². The fourth-order valence-corrected chi connectivity index (χ4v) is 3.66. The molecule has 0 bridgehead atoms. The van der Waals surface area contributed by atoms with E-state index in [9.17, 15) is 4.79 Å². The summed E-state index contributed by atoms with van der Waals surface area (Å²) in [5, 5.41) is 3.13. The van der Waals surface area contributed by atoms with Crippen LogP contribution < -0.4 is 10.2 Å². The molecule has 1 amide bonds. The summed E-state index contributed by atoms with van der Waals surface area (Å²) < 4.78 is 0. The van der Waals surface area contributed by atoms with Gasteiger partial charge in [-0.25, -0.2) is 4.98 Å². The van der Waals surface area contributed by atoms with Crippen molar-refractivity contribution in [2.24, 2.45) is 5.92 Å². The maximum atomic E-state index is 12.7. The highest BCUT2D eigenvalue weighted by molar-refractivity contribution is 5.93. The molecule has 2 N–H and O–H groups in total. The summed E-state index contributed by atoms with van der Waals surface area (Å²) in [5.41, 5.74) is 5.47. The molecule has 0 radical (unpaired) electrons. The number of carbonyl (C=O) groups excluding carboxylic acids is 1. The number of aromatic amines is 1. The molecule has 1 unspecified atom stereocenters. The van der Waals surface area contributed by atoms with Crippen LogP contribution in [0.15, 0.2) is 18.2 Å². The second kappa shape index (κ2) is 7.30. The van der Waals surface area contributed by atoms with Crippen molar-refractivity contribution in [2.45, 2.75) is 47.0 Å². The second-order valence-corrected chi connectivity index (χ2v) is 6.85. The van der Waals surface area contributed by atoms with Crippen LogP contribution in [0.5, 0.6) is 0 Å². The number of anilines is 2. The average Bonchev–Trinajstić information content (AvgIpc) is 2.97. The van der Waals surface area contributed by atoms with Gasteiger partial charge in [-0.2, -0.15) is 0 Å². The maximum absolute atomic E-state index is 12.7. The molecule has 0 saturated carbocycles. The van der Waals surface area contributed by atoms with Gasteiger partial charge in [0, 0.05) is 42.5 Å². The number of H-pyrrole nitrogens is 1. The molecule has 1 aliphatic rings. The minimum absolute atomic E-state index is 0.00853. The van der Waals surface area contributed by atoms with Crippen molar-refractivity contribution in [1.82, 2.24) is 9.97 Å². The Morgan fingerprint density at radius 1 is 1.32 bits per heavy atom. The largest absolute Gasteiger partial charge is 0.372 e. The molecule has 1 heterocycles. The molecule has 5 heteroatoms. The van der Waals surface area contributed by atoms with Crippen LogP contribution in [0, 0.1) is 19.8 Å². The van der Waals surface area contributed by atoms with E-state index in [0.29, 0.717) is 0 Å². The first-order valence-corrected chi connectivity index (χ1v) is 9.22. The van der Waals surface area contributed by atoms with Gasteiger partial charge < -0.3 is 15.2 Å². The van der Waals surface area contributed by atoms with Gasteiger partial charge in [0.05, 0.1) is 5.69 Å². The van der Waals surface area contributed by atoms with Gasteiger partial charge >= 0.3 is 0 Å². The van der Waals surface area contributed by atoms with E-state index in [1.54, 1.807) is 0 Å². The summed E-state index contributed by atoms with van der Waals surface area (Å²) >= 11 is 0. The number of nitrogens with zero attached hydrogens (tertiary/aromatic N) is 2. The summed E-state index contributed by atoms with van der Waals surface area (Å²) in [7, 11) is 0. The third-order valence-corrected chi connectivity index (χ3v) is 5.13. The predicted molar refractivity (Wildman–Crippen MR) is 102 cm³/mol. The number of hydrogen-bond acceptors (Lipinski definition) is 3. The Kier molecular flexibility index (Phi) is 5.11. The lowest BCUT2D eigenvalue weighted by molar-refractivity contribution is -0.120. The quantitative estimate of drug-likeness (QED) is 0.874. The van der Waals surface area contributed by atoms with E-state index in [0.717, 1.165) is 60.8 Å². The zero-order chi connectivity index (χ0) is 18.0. The summed E-state index contributed by atoms with van der Waals surface area (Å²) in [4.78, 5) is 22.8. The number of imidazole rings is 1. The standard InChI is InChI=1S/C20H28N4O/c1-5-24(6-2)16-8-10-17(13(3)11-16)23-20(25)15-7-9-18-19(12-15)22-14(4)21-18/h8,10-11,15H,5-7,9,12H2,1-4H3,(H,21,22)(H,23,25). The summed E-state index contributed by atoms with van der Waals surface area (Å²) in [5.74, 6) is 1.06. The third-order valence-electron chi connectivity index (χ3n) is 5.13. The van der Waals surface area contributed by atoms with Gasteiger partial charge in [-0.05, 0) is 64.3 Å². The molecule has 0 spiro atoms. The monoisotopic (exact) mass is 340 g/mol. The van der Waals surface area contributed by atoms with Crippen molar-refractivity contribution >= 4 is 17.3 Å². The first-order chi connectivity index (χ1) is 12.0. The van der Waals surface area contributed by atoms with Crippen molar-refractivity contribution in [3.63, 3.8) is 0 Å². The predicted octanol–water partition coefficient (Wildman–Crippen LogP) is 3.62. The highest BCUT2D eigenvalue weighted by Crippen LogP contribution is 2.27. The van der Waals surface area contributed by atoms with Crippen LogP contribution in [0.4, 0.5) is 11.4 Å². The van der Waals surface area contributed by atoms with Gasteiger partial charge in [0.15, 0.2) is 0 Å². The van der Waals surface area contributed by atoms with E-state index in [2.05, 4.69) is 53.1 Å². The van der Waals surface area contributed by atoms with Crippen molar-refractivity contribution in [1.29, 1.82) is 0 Å². The van der Waals surface area contributed by atoms with Crippen molar-refractivity contribution in [2.75, 3.05) is 23.3 Å². The summed E-state index contributed by atoms with van der Waals surface area (Å²) in [6, 6.07) is 6.27. The smallest absolute Gasteiger partial charge is 0.227 e. The number of aryl methyl sites for hydroxylation is 3. The molecule has 1 aromatic carbocycles. The maximum Gasteiger partial charge on any atom is 0.227 e. The van der Waals surface area contributed by atoms with Gasteiger partial charge in [0.25, 0.3) is 0 Å². The first-order valence-electron chi connectivity index (χ1n) is 9.22. The fraction of sp³-hybridized carbons (Fsp3) is 0.500. The minimum Gasteiger partial charge on any atom is -0.372 e. The lowest BCUT2D eigenvalue weighted by atomic mass is 9.89. The topological polar surface area (TPSA) is 61.0 Å². The fourth-order valence-electron chi connectivity index (χ4n) is 3.66. The first kappa shape index (κ1) is 17.5. The zero-order valence-corrected chi connectivity index (χ0v) is 15.6. The molecule has 5 nitrogen and oxygen atoms in total. The molecule has 25 heavy (non-hydrogen) atoms. The Balaban J connectivity index is 1.69.